The molecule has 16 heavy (non-hydrogen) atoms. The molecule has 1 aromatic heterocycles. The summed E-state index contributed by atoms with van der Waals surface area (Å²) >= 11 is 0. The highest BCUT2D eigenvalue weighted by Gasteiger charge is 1.98. The zero-order valence-electron chi connectivity index (χ0n) is 9.36. The van der Waals surface area contributed by atoms with Crippen LogP contribution in [0.5, 0.6) is 0 Å². The van der Waals surface area contributed by atoms with Gasteiger partial charge < -0.3 is 15.5 Å². The molecule has 0 spiro atoms. The molecule has 3 nitrogen and oxygen atoms in total. The van der Waals surface area contributed by atoms with Crippen molar-refractivity contribution in [3.8, 4) is 0 Å². The van der Waals surface area contributed by atoms with Gasteiger partial charge in [-0.2, -0.15) is 0 Å². The Balaban J connectivity index is 1.94. The van der Waals surface area contributed by atoms with Gasteiger partial charge in [-0.25, -0.2) is 0 Å². The standard InChI is InChI=1S/C13H16N2O/c1-10-2-7-13(16-10)15-9-12-5-3-11(8-14)4-6-12/h2-7,15H,8-9,14H2,1H3. The van der Waals surface area contributed by atoms with Crippen molar-refractivity contribution in [3.05, 3.63) is 53.3 Å². The maximum atomic E-state index is 5.54. The van der Waals surface area contributed by atoms with E-state index in [1.165, 1.54) is 5.56 Å². The first-order valence-electron chi connectivity index (χ1n) is 5.36. The van der Waals surface area contributed by atoms with E-state index < -0.39 is 0 Å². The van der Waals surface area contributed by atoms with E-state index in [1.54, 1.807) is 0 Å². The second-order valence-corrected chi connectivity index (χ2v) is 3.78. The molecule has 0 saturated carbocycles. The molecular formula is C13H16N2O. The van der Waals surface area contributed by atoms with E-state index in [9.17, 15) is 0 Å². The number of nitrogens with two attached hydrogens (primary N) is 1. The predicted octanol–water partition coefficient (Wildman–Crippen LogP) is 2.66. The number of aryl methyl sites for hydroxylation is 1. The third-order valence-corrected chi connectivity index (χ3v) is 2.47. The lowest BCUT2D eigenvalue weighted by Crippen LogP contribution is -2.00. The highest BCUT2D eigenvalue weighted by Crippen LogP contribution is 2.13. The van der Waals surface area contributed by atoms with Crippen molar-refractivity contribution in [1.82, 2.24) is 0 Å². The molecule has 1 heterocycles. The predicted molar refractivity (Wildman–Crippen MR) is 65.1 cm³/mol. The van der Waals surface area contributed by atoms with Crippen LogP contribution in [0.15, 0.2) is 40.8 Å². The maximum Gasteiger partial charge on any atom is 0.193 e. The quantitative estimate of drug-likeness (QED) is 0.826. The van der Waals surface area contributed by atoms with Gasteiger partial charge in [0.25, 0.3) is 0 Å². The molecule has 1 aromatic carbocycles. The van der Waals surface area contributed by atoms with Gasteiger partial charge >= 0.3 is 0 Å². The van der Waals surface area contributed by atoms with E-state index in [0.717, 1.165) is 23.8 Å². The van der Waals surface area contributed by atoms with Crippen LogP contribution in [-0.2, 0) is 13.1 Å². The van der Waals surface area contributed by atoms with Gasteiger partial charge in [0.15, 0.2) is 5.88 Å². The molecule has 0 aliphatic carbocycles. The van der Waals surface area contributed by atoms with Crippen molar-refractivity contribution in [2.45, 2.75) is 20.0 Å². The van der Waals surface area contributed by atoms with E-state index in [0.29, 0.717) is 6.54 Å². The molecule has 2 rings (SSSR count). The Hall–Kier alpha value is -1.74. The Kier molecular flexibility index (Phi) is 3.27. The van der Waals surface area contributed by atoms with Crippen molar-refractivity contribution in [3.63, 3.8) is 0 Å². The topological polar surface area (TPSA) is 51.2 Å². The minimum absolute atomic E-state index is 0.588. The lowest BCUT2D eigenvalue weighted by Gasteiger charge is -2.04. The fourth-order valence-corrected chi connectivity index (χ4v) is 1.51. The van der Waals surface area contributed by atoms with Crippen molar-refractivity contribution in [2.75, 3.05) is 5.32 Å². The van der Waals surface area contributed by atoms with Gasteiger partial charge in [-0.05, 0) is 24.1 Å². The summed E-state index contributed by atoms with van der Waals surface area (Å²) in [7, 11) is 0. The van der Waals surface area contributed by atoms with Crippen molar-refractivity contribution < 1.29 is 4.42 Å². The molecule has 2 aromatic rings. The van der Waals surface area contributed by atoms with Crippen molar-refractivity contribution in [2.24, 2.45) is 5.73 Å². The normalized spacial score (nSPS) is 10.4. The smallest absolute Gasteiger partial charge is 0.193 e. The lowest BCUT2D eigenvalue weighted by atomic mass is 10.1. The summed E-state index contributed by atoms with van der Waals surface area (Å²) in [6.45, 7) is 3.28. The van der Waals surface area contributed by atoms with Gasteiger partial charge in [-0.1, -0.05) is 24.3 Å². The average Bonchev–Trinajstić information content (AvgIpc) is 2.73. The first-order chi connectivity index (χ1) is 7.78. The van der Waals surface area contributed by atoms with Crippen LogP contribution in [-0.4, -0.2) is 0 Å². The van der Waals surface area contributed by atoms with Crippen LogP contribution in [0.2, 0.25) is 0 Å². The fraction of sp³-hybridized carbons (Fsp3) is 0.231. The first-order valence-corrected chi connectivity index (χ1v) is 5.36. The molecule has 0 unspecified atom stereocenters. The zero-order valence-corrected chi connectivity index (χ0v) is 9.36. The van der Waals surface area contributed by atoms with Crippen molar-refractivity contribution in [1.29, 1.82) is 0 Å². The average molecular weight is 216 g/mol. The summed E-state index contributed by atoms with van der Waals surface area (Å²) in [5.41, 5.74) is 7.90. The van der Waals surface area contributed by atoms with Crippen LogP contribution in [0.1, 0.15) is 16.9 Å². The number of benzene rings is 1. The summed E-state index contributed by atoms with van der Waals surface area (Å²) in [6.07, 6.45) is 0. The van der Waals surface area contributed by atoms with Gasteiger partial charge in [0.05, 0.1) is 0 Å². The minimum Gasteiger partial charge on any atom is -0.446 e. The molecule has 0 saturated heterocycles. The van der Waals surface area contributed by atoms with E-state index in [2.05, 4.69) is 17.4 Å². The van der Waals surface area contributed by atoms with Crippen LogP contribution < -0.4 is 11.1 Å². The van der Waals surface area contributed by atoms with Crippen LogP contribution in [0.4, 0.5) is 5.88 Å². The van der Waals surface area contributed by atoms with Crippen LogP contribution in [0.25, 0.3) is 0 Å². The molecule has 0 aliphatic heterocycles. The summed E-state index contributed by atoms with van der Waals surface area (Å²) in [6, 6.07) is 12.1. The highest BCUT2D eigenvalue weighted by molar-refractivity contribution is 5.34. The number of hydrogen-bond donors (Lipinski definition) is 2. The third kappa shape index (κ3) is 2.64. The Morgan fingerprint density at radius 3 is 2.31 bits per heavy atom. The molecule has 0 radical (unpaired) electrons. The highest BCUT2D eigenvalue weighted by atomic mass is 16.4. The van der Waals surface area contributed by atoms with Gasteiger partial charge in [0.2, 0.25) is 0 Å². The van der Waals surface area contributed by atoms with Gasteiger partial charge in [0.1, 0.15) is 5.76 Å². The summed E-state index contributed by atoms with van der Waals surface area (Å²) in [4.78, 5) is 0. The zero-order chi connectivity index (χ0) is 11.4. The Morgan fingerprint density at radius 2 is 1.75 bits per heavy atom. The fourth-order valence-electron chi connectivity index (χ4n) is 1.51. The number of hydrogen-bond acceptors (Lipinski definition) is 3. The minimum atomic E-state index is 0.588. The SMILES string of the molecule is Cc1ccc(NCc2ccc(CN)cc2)o1. The van der Waals surface area contributed by atoms with Crippen LogP contribution >= 0.6 is 0 Å². The largest absolute Gasteiger partial charge is 0.446 e. The first kappa shape index (κ1) is 10.8. The molecule has 0 aliphatic rings. The molecule has 0 atom stereocenters. The van der Waals surface area contributed by atoms with Gasteiger partial charge in [0, 0.05) is 19.2 Å². The second kappa shape index (κ2) is 4.86. The van der Waals surface area contributed by atoms with Crippen LogP contribution in [0, 0.1) is 6.92 Å². The molecule has 0 fully saturated rings. The molecular weight excluding hydrogens is 200 g/mol. The number of nitrogens with one attached hydrogen (secondary N) is 1. The van der Waals surface area contributed by atoms with Gasteiger partial charge in [-0.15, -0.1) is 0 Å². The summed E-state index contributed by atoms with van der Waals surface area (Å²) in [5.74, 6) is 1.72. The molecule has 3 N–H and O–H groups in total. The Morgan fingerprint density at radius 1 is 1.06 bits per heavy atom. The van der Waals surface area contributed by atoms with E-state index in [4.69, 9.17) is 10.2 Å². The third-order valence-electron chi connectivity index (χ3n) is 2.47. The Labute approximate surface area is 95.3 Å². The number of anilines is 1. The Bertz CT molecular complexity index is 445. The summed E-state index contributed by atoms with van der Waals surface area (Å²) < 4.78 is 5.42. The lowest BCUT2D eigenvalue weighted by molar-refractivity contribution is 0.546. The number of rotatable bonds is 4. The molecule has 0 bridgehead atoms. The van der Waals surface area contributed by atoms with E-state index >= 15 is 0 Å². The maximum absolute atomic E-state index is 5.54. The van der Waals surface area contributed by atoms with Gasteiger partial charge in [-0.3, -0.25) is 0 Å². The second-order valence-electron chi connectivity index (χ2n) is 3.78. The summed E-state index contributed by atoms with van der Waals surface area (Å²) in [5, 5.41) is 3.22. The molecule has 0 amide bonds. The van der Waals surface area contributed by atoms with Crippen LogP contribution in [0.3, 0.4) is 0 Å². The monoisotopic (exact) mass is 216 g/mol. The number of furan rings is 1. The van der Waals surface area contributed by atoms with Crippen molar-refractivity contribution >= 4 is 5.88 Å². The van der Waals surface area contributed by atoms with E-state index in [-0.39, 0.29) is 0 Å². The van der Waals surface area contributed by atoms with E-state index in [1.807, 2.05) is 31.2 Å². The molecule has 84 valence electrons. The molecule has 3 heteroatoms.